The highest BCUT2D eigenvalue weighted by Crippen LogP contribution is 2.20. The Morgan fingerprint density at radius 2 is 2.00 bits per heavy atom. The van der Waals surface area contributed by atoms with Gasteiger partial charge in [0.25, 0.3) is 5.91 Å². The topological polar surface area (TPSA) is 82.2 Å². The van der Waals surface area contributed by atoms with Crippen LogP contribution < -0.4 is 16.0 Å². The Labute approximate surface area is 123 Å². The summed E-state index contributed by atoms with van der Waals surface area (Å²) in [5, 5.41) is 11.8. The van der Waals surface area contributed by atoms with Gasteiger partial charge in [-0.15, -0.1) is 0 Å². The van der Waals surface area contributed by atoms with Gasteiger partial charge in [-0.2, -0.15) is 5.26 Å². The molecule has 5 heteroatoms. The molecular formula is C16H16N4O. The Morgan fingerprint density at radius 3 is 2.67 bits per heavy atom. The van der Waals surface area contributed by atoms with Gasteiger partial charge in [-0.3, -0.25) is 4.79 Å². The number of anilines is 3. The summed E-state index contributed by atoms with van der Waals surface area (Å²) in [5.41, 5.74) is 8.37. The number of nitrogens with one attached hydrogen (secondary N) is 1. The molecule has 0 bridgehead atoms. The maximum atomic E-state index is 12.3. The standard InChI is InChI=1S/C16H16N4O/c1-20(2)14-5-3-4-11(9-14)16(21)19-15-7-6-13(18)8-12(15)10-17/h3-9H,18H2,1-2H3,(H,19,21). The van der Waals surface area contributed by atoms with E-state index in [-0.39, 0.29) is 5.91 Å². The van der Waals surface area contributed by atoms with E-state index in [1.54, 1.807) is 24.3 Å². The second-order valence-corrected chi connectivity index (χ2v) is 4.82. The van der Waals surface area contributed by atoms with Crippen LogP contribution in [0.25, 0.3) is 0 Å². The van der Waals surface area contributed by atoms with Crippen molar-refractivity contribution in [3.63, 3.8) is 0 Å². The van der Waals surface area contributed by atoms with Crippen molar-refractivity contribution in [2.24, 2.45) is 0 Å². The molecule has 0 saturated heterocycles. The third-order valence-corrected chi connectivity index (χ3v) is 3.04. The molecule has 21 heavy (non-hydrogen) atoms. The molecule has 0 spiro atoms. The monoisotopic (exact) mass is 280 g/mol. The molecule has 1 amide bonds. The van der Waals surface area contributed by atoms with Crippen LogP contribution in [-0.4, -0.2) is 20.0 Å². The van der Waals surface area contributed by atoms with Crippen molar-refractivity contribution < 1.29 is 4.79 Å². The molecular weight excluding hydrogens is 264 g/mol. The fraction of sp³-hybridized carbons (Fsp3) is 0.125. The van der Waals surface area contributed by atoms with Crippen LogP contribution in [0.5, 0.6) is 0 Å². The molecule has 0 unspecified atom stereocenters. The predicted molar refractivity (Wildman–Crippen MR) is 84.3 cm³/mol. The molecule has 0 saturated carbocycles. The molecule has 0 fully saturated rings. The first-order valence-corrected chi connectivity index (χ1v) is 6.39. The molecule has 2 rings (SSSR count). The zero-order valence-electron chi connectivity index (χ0n) is 11.9. The minimum Gasteiger partial charge on any atom is -0.399 e. The molecule has 0 aliphatic carbocycles. The molecule has 5 nitrogen and oxygen atoms in total. The number of amides is 1. The summed E-state index contributed by atoms with van der Waals surface area (Å²) >= 11 is 0. The van der Waals surface area contributed by atoms with Gasteiger partial charge in [0.1, 0.15) is 6.07 Å². The van der Waals surface area contributed by atoms with Crippen molar-refractivity contribution in [3.8, 4) is 6.07 Å². The highest BCUT2D eigenvalue weighted by molar-refractivity contribution is 6.05. The fourth-order valence-corrected chi connectivity index (χ4v) is 1.88. The molecule has 0 aromatic heterocycles. The number of rotatable bonds is 3. The van der Waals surface area contributed by atoms with Crippen molar-refractivity contribution >= 4 is 23.0 Å². The molecule has 0 aliphatic heterocycles. The number of hydrogen-bond acceptors (Lipinski definition) is 4. The number of benzene rings is 2. The number of nitrogens with zero attached hydrogens (tertiary/aromatic N) is 2. The van der Waals surface area contributed by atoms with E-state index in [4.69, 9.17) is 11.0 Å². The summed E-state index contributed by atoms with van der Waals surface area (Å²) in [5.74, 6) is -0.264. The van der Waals surface area contributed by atoms with Crippen LogP contribution in [-0.2, 0) is 0 Å². The molecule has 2 aromatic rings. The Morgan fingerprint density at radius 1 is 1.24 bits per heavy atom. The van der Waals surface area contributed by atoms with Crippen molar-refractivity contribution in [1.82, 2.24) is 0 Å². The summed E-state index contributed by atoms with van der Waals surface area (Å²) in [4.78, 5) is 14.2. The van der Waals surface area contributed by atoms with E-state index in [0.29, 0.717) is 22.5 Å². The van der Waals surface area contributed by atoms with Gasteiger partial charge in [0, 0.05) is 31.0 Å². The first-order valence-electron chi connectivity index (χ1n) is 6.39. The molecule has 0 aliphatic rings. The molecule has 2 aromatic carbocycles. The van der Waals surface area contributed by atoms with Crippen LogP contribution in [0.2, 0.25) is 0 Å². The van der Waals surface area contributed by atoms with Crippen LogP contribution in [0.15, 0.2) is 42.5 Å². The lowest BCUT2D eigenvalue weighted by atomic mass is 10.1. The summed E-state index contributed by atoms with van der Waals surface area (Å²) in [6.07, 6.45) is 0. The highest BCUT2D eigenvalue weighted by Gasteiger charge is 2.10. The van der Waals surface area contributed by atoms with Crippen molar-refractivity contribution in [2.45, 2.75) is 0 Å². The average Bonchev–Trinajstić information content (AvgIpc) is 2.49. The SMILES string of the molecule is CN(C)c1cccc(C(=O)Nc2ccc(N)cc2C#N)c1. The zero-order valence-corrected chi connectivity index (χ0v) is 11.9. The number of nitrogens with two attached hydrogens (primary N) is 1. The number of nitriles is 1. The van der Waals surface area contributed by atoms with Gasteiger partial charge in [0.05, 0.1) is 11.3 Å². The third kappa shape index (κ3) is 3.31. The summed E-state index contributed by atoms with van der Waals surface area (Å²) in [6.45, 7) is 0. The summed E-state index contributed by atoms with van der Waals surface area (Å²) in [6, 6.07) is 14.1. The Hall–Kier alpha value is -3.00. The normalized spacial score (nSPS) is 9.76. The minimum absolute atomic E-state index is 0.264. The molecule has 3 N–H and O–H groups in total. The van der Waals surface area contributed by atoms with E-state index in [0.717, 1.165) is 5.69 Å². The predicted octanol–water partition coefficient (Wildman–Crippen LogP) is 2.46. The van der Waals surface area contributed by atoms with E-state index in [9.17, 15) is 4.79 Å². The molecule has 106 valence electrons. The lowest BCUT2D eigenvalue weighted by Gasteiger charge is -2.14. The van der Waals surface area contributed by atoms with Crippen molar-refractivity contribution in [3.05, 3.63) is 53.6 Å². The van der Waals surface area contributed by atoms with Gasteiger partial charge < -0.3 is 16.0 Å². The van der Waals surface area contributed by atoms with Crippen molar-refractivity contribution in [1.29, 1.82) is 5.26 Å². The summed E-state index contributed by atoms with van der Waals surface area (Å²) in [7, 11) is 3.82. The first kappa shape index (κ1) is 14.4. The quantitative estimate of drug-likeness (QED) is 0.846. The Bertz CT molecular complexity index is 716. The Balaban J connectivity index is 2.26. The zero-order chi connectivity index (χ0) is 15.4. The fourth-order valence-electron chi connectivity index (χ4n) is 1.88. The van der Waals surface area contributed by atoms with Crippen molar-refractivity contribution in [2.75, 3.05) is 30.0 Å². The lowest BCUT2D eigenvalue weighted by molar-refractivity contribution is 0.102. The maximum absolute atomic E-state index is 12.3. The van der Waals surface area contributed by atoms with Gasteiger partial charge >= 0.3 is 0 Å². The van der Waals surface area contributed by atoms with Gasteiger partial charge in [-0.1, -0.05) is 6.07 Å². The van der Waals surface area contributed by atoms with Gasteiger partial charge in [0.15, 0.2) is 0 Å². The van der Waals surface area contributed by atoms with E-state index in [2.05, 4.69) is 5.32 Å². The second kappa shape index (κ2) is 5.97. The van der Waals surface area contributed by atoms with E-state index in [1.165, 1.54) is 6.07 Å². The average molecular weight is 280 g/mol. The molecule has 0 atom stereocenters. The Kier molecular flexibility index (Phi) is 4.10. The lowest BCUT2D eigenvalue weighted by Crippen LogP contribution is -2.15. The van der Waals surface area contributed by atoms with Gasteiger partial charge in [-0.05, 0) is 36.4 Å². The molecule has 0 radical (unpaired) electrons. The number of nitrogen functional groups attached to an aromatic ring is 1. The minimum atomic E-state index is -0.264. The number of carbonyl (C=O) groups excluding carboxylic acids is 1. The number of carbonyl (C=O) groups is 1. The first-order chi connectivity index (χ1) is 10.0. The maximum Gasteiger partial charge on any atom is 0.255 e. The highest BCUT2D eigenvalue weighted by atomic mass is 16.1. The second-order valence-electron chi connectivity index (χ2n) is 4.82. The van der Waals surface area contributed by atoms with Crippen LogP contribution >= 0.6 is 0 Å². The molecule has 0 heterocycles. The number of hydrogen-bond donors (Lipinski definition) is 2. The van der Waals surface area contributed by atoms with Crippen LogP contribution in [0.1, 0.15) is 15.9 Å². The van der Waals surface area contributed by atoms with E-state index < -0.39 is 0 Å². The van der Waals surface area contributed by atoms with Crippen LogP contribution in [0, 0.1) is 11.3 Å². The van der Waals surface area contributed by atoms with E-state index >= 15 is 0 Å². The van der Waals surface area contributed by atoms with Crippen LogP contribution in [0.4, 0.5) is 17.1 Å². The largest absolute Gasteiger partial charge is 0.399 e. The van der Waals surface area contributed by atoms with Crippen LogP contribution in [0.3, 0.4) is 0 Å². The van der Waals surface area contributed by atoms with Gasteiger partial charge in [0.2, 0.25) is 0 Å². The van der Waals surface area contributed by atoms with E-state index in [1.807, 2.05) is 37.2 Å². The third-order valence-electron chi connectivity index (χ3n) is 3.04. The van der Waals surface area contributed by atoms with Gasteiger partial charge in [-0.25, -0.2) is 0 Å². The summed E-state index contributed by atoms with van der Waals surface area (Å²) < 4.78 is 0. The smallest absolute Gasteiger partial charge is 0.255 e.